The summed E-state index contributed by atoms with van der Waals surface area (Å²) < 4.78 is 29.6. The van der Waals surface area contributed by atoms with E-state index in [9.17, 15) is 39.9 Å². The molecule has 0 amide bonds. The molecule has 48 heavy (non-hydrogen) atoms. The predicted molar refractivity (Wildman–Crippen MR) is 165 cm³/mol. The molecule has 2 heterocycles. The minimum atomic E-state index is -2.05. The molecule has 0 radical (unpaired) electrons. The number of rotatable bonds is 6. The molecule has 0 unspecified atom stereocenters. The molecule has 0 aromatic heterocycles. The Morgan fingerprint density at radius 3 is 2.25 bits per heavy atom. The first-order chi connectivity index (χ1) is 22.5. The van der Waals surface area contributed by atoms with Crippen molar-refractivity contribution < 1.29 is 63.6 Å². The van der Waals surface area contributed by atoms with Crippen molar-refractivity contribution in [3.05, 3.63) is 51.6 Å². The average molecular weight is 672 g/mol. The van der Waals surface area contributed by atoms with E-state index in [1.807, 2.05) is 0 Å². The first-order valence-corrected chi connectivity index (χ1v) is 15.9. The Morgan fingerprint density at radius 1 is 0.958 bits per heavy atom. The third-order valence-corrected chi connectivity index (χ3v) is 10.1. The van der Waals surface area contributed by atoms with Gasteiger partial charge in [0.2, 0.25) is 5.78 Å². The highest BCUT2D eigenvalue weighted by atomic mass is 16.7. The molecular weight excluding hydrogens is 630 g/mol. The van der Waals surface area contributed by atoms with Crippen LogP contribution < -0.4 is 10.5 Å². The van der Waals surface area contributed by atoms with Gasteiger partial charge in [-0.15, -0.1) is 0 Å². The van der Waals surface area contributed by atoms with E-state index < -0.39 is 107 Å². The van der Waals surface area contributed by atoms with Gasteiger partial charge >= 0.3 is 0 Å². The van der Waals surface area contributed by atoms with Crippen molar-refractivity contribution in [1.29, 1.82) is 0 Å². The van der Waals surface area contributed by atoms with E-state index in [0.29, 0.717) is 0 Å². The molecule has 0 saturated carbocycles. The number of aliphatic hydroxyl groups is 3. The highest BCUT2D eigenvalue weighted by Crippen LogP contribution is 2.52. The lowest BCUT2D eigenvalue weighted by atomic mass is 9.72. The smallest absolute Gasteiger partial charge is 0.202 e. The van der Waals surface area contributed by atoms with Crippen LogP contribution in [-0.4, -0.2) is 104 Å². The SMILES string of the molecule is COc1cccc2c1C(=O)c1c(O)c3c(c(O)c1C2=O)C[C@@](O)(C(C)=O)C[C@@H]3O[C@H]1C[C@H](N)[C@H](O[C@H]2C[C@@](C)(O)[C@@H](O)[C@H](C)O2)[C@H](C)O1. The van der Waals surface area contributed by atoms with E-state index in [-0.39, 0.29) is 47.3 Å². The Kier molecular flexibility index (Phi) is 8.70. The van der Waals surface area contributed by atoms with Crippen molar-refractivity contribution in [1.82, 2.24) is 0 Å². The lowest BCUT2D eigenvalue weighted by Gasteiger charge is -2.46. The number of carbonyl (C=O) groups is 3. The number of ether oxygens (including phenoxy) is 5. The van der Waals surface area contributed by atoms with Crippen LogP contribution in [0, 0.1) is 0 Å². The van der Waals surface area contributed by atoms with Gasteiger partial charge in [0, 0.05) is 48.4 Å². The van der Waals surface area contributed by atoms with Crippen LogP contribution in [0.4, 0.5) is 0 Å². The third-order valence-electron chi connectivity index (χ3n) is 10.1. The van der Waals surface area contributed by atoms with Crippen LogP contribution in [0.2, 0.25) is 0 Å². The second-order valence-electron chi connectivity index (χ2n) is 13.5. The van der Waals surface area contributed by atoms with Crippen molar-refractivity contribution >= 4 is 17.3 Å². The van der Waals surface area contributed by atoms with Crippen molar-refractivity contribution in [3.63, 3.8) is 0 Å². The number of carbonyl (C=O) groups excluding carboxylic acids is 3. The Bertz CT molecular complexity index is 1660. The molecule has 7 N–H and O–H groups in total. The van der Waals surface area contributed by atoms with Gasteiger partial charge in [0.25, 0.3) is 0 Å². The number of ketones is 3. The largest absolute Gasteiger partial charge is 0.507 e. The van der Waals surface area contributed by atoms with E-state index in [2.05, 4.69) is 0 Å². The van der Waals surface area contributed by atoms with Crippen molar-refractivity contribution in [3.8, 4) is 17.2 Å². The molecule has 2 aliphatic heterocycles. The standard InChI is InChI=1S/C34H41NO13/c1-13-31(48-22-12-33(4,42)32(41)14(2)46-22)18(35)9-21(45-13)47-20-11-34(43,15(3)36)10-17-24(20)30(40)26-25(28(17)38)27(37)16-7-6-8-19(44-5)23(16)29(26)39/h6-8,13-14,18,20-22,31-32,38,40-43H,9-12,35H2,1-5H3/t13-,14-,18-,20-,21-,22-,31+,32-,33+,34-/m0/s1. The topological polar surface area (TPSA) is 225 Å². The number of aromatic hydroxyl groups is 2. The van der Waals surface area contributed by atoms with Gasteiger partial charge in [-0.25, -0.2) is 0 Å². The van der Waals surface area contributed by atoms with Gasteiger partial charge in [-0.3, -0.25) is 14.4 Å². The fourth-order valence-electron chi connectivity index (χ4n) is 7.44. The number of fused-ring (bicyclic) bond motifs is 3. The lowest BCUT2D eigenvalue weighted by molar-refractivity contribution is -0.314. The zero-order valence-electron chi connectivity index (χ0n) is 27.3. The Balaban J connectivity index is 1.32. The van der Waals surface area contributed by atoms with Crippen LogP contribution >= 0.6 is 0 Å². The van der Waals surface area contributed by atoms with Crippen LogP contribution in [-0.2, 0) is 30.2 Å². The Morgan fingerprint density at radius 2 is 1.62 bits per heavy atom. The molecule has 4 aliphatic rings. The number of nitrogens with two attached hydrogens (primary N) is 1. The summed E-state index contributed by atoms with van der Waals surface area (Å²) in [5.41, 5.74) is 1.84. The van der Waals surface area contributed by atoms with Crippen molar-refractivity contribution in [2.24, 2.45) is 5.73 Å². The van der Waals surface area contributed by atoms with E-state index in [0.717, 1.165) is 0 Å². The van der Waals surface area contributed by atoms with E-state index in [1.165, 1.54) is 39.2 Å². The van der Waals surface area contributed by atoms with Gasteiger partial charge < -0.3 is 55.0 Å². The maximum atomic E-state index is 13.8. The molecule has 6 rings (SSSR count). The number of methoxy groups -OCH3 is 1. The summed E-state index contributed by atoms with van der Waals surface area (Å²) in [6.45, 7) is 5.97. The maximum absolute atomic E-state index is 13.8. The summed E-state index contributed by atoms with van der Waals surface area (Å²) in [5.74, 6) is -3.30. The van der Waals surface area contributed by atoms with Gasteiger partial charge in [-0.2, -0.15) is 0 Å². The molecule has 14 nitrogen and oxygen atoms in total. The predicted octanol–water partition coefficient (Wildman–Crippen LogP) is 1.30. The Hall–Kier alpha value is -3.47. The number of aliphatic hydroxyl groups excluding tert-OH is 1. The first kappa shape index (κ1) is 34.4. The summed E-state index contributed by atoms with van der Waals surface area (Å²) in [6, 6.07) is 3.73. The van der Waals surface area contributed by atoms with Crippen LogP contribution in [0.3, 0.4) is 0 Å². The quantitative estimate of drug-likeness (QED) is 0.203. The number of hydrogen-bond acceptors (Lipinski definition) is 14. The third kappa shape index (κ3) is 5.50. The monoisotopic (exact) mass is 671 g/mol. The highest BCUT2D eigenvalue weighted by Gasteiger charge is 2.50. The van der Waals surface area contributed by atoms with E-state index in [1.54, 1.807) is 13.8 Å². The molecule has 14 heteroatoms. The fourth-order valence-corrected chi connectivity index (χ4v) is 7.44. The van der Waals surface area contributed by atoms with Crippen LogP contribution in [0.5, 0.6) is 17.2 Å². The molecule has 2 aromatic rings. The molecule has 10 atom stereocenters. The summed E-state index contributed by atoms with van der Waals surface area (Å²) in [4.78, 5) is 40.2. The minimum absolute atomic E-state index is 0.0124. The zero-order valence-corrected chi connectivity index (χ0v) is 27.3. The first-order valence-electron chi connectivity index (χ1n) is 15.9. The summed E-state index contributed by atoms with van der Waals surface area (Å²) in [7, 11) is 1.34. The molecule has 0 spiro atoms. The molecular formula is C34H41NO13. The number of phenolic OH excluding ortho intramolecular Hbond substituents is 2. The summed E-state index contributed by atoms with van der Waals surface area (Å²) in [6.07, 6.45) is -7.25. The van der Waals surface area contributed by atoms with Gasteiger partial charge in [0.1, 0.15) is 35.1 Å². The average Bonchev–Trinajstić information content (AvgIpc) is 3.01. The minimum Gasteiger partial charge on any atom is -0.507 e. The Labute approximate surface area is 276 Å². The number of phenols is 2. The highest BCUT2D eigenvalue weighted by molar-refractivity contribution is 6.31. The molecule has 0 bridgehead atoms. The van der Waals surface area contributed by atoms with Crippen LogP contribution in [0.25, 0.3) is 0 Å². The maximum Gasteiger partial charge on any atom is 0.202 e. The number of hydrogen-bond donors (Lipinski definition) is 6. The molecule has 260 valence electrons. The second kappa shape index (κ2) is 12.1. The van der Waals surface area contributed by atoms with Gasteiger partial charge in [0.15, 0.2) is 24.1 Å². The molecule has 2 fully saturated rings. The van der Waals surface area contributed by atoms with E-state index in [4.69, 9.17) is 29.4 Å². The fraction of sp³-hybridized carbons (Fsp3) is 0.559. The number of Topliss-reactive ketones (excluding diaryl/α,β-unsaturated/α-hetero) is 1. The van der Waals surface area contributed by atoms with Crippen LogP contribution in [0.1, 0.15) is 96.0 Å². The summed E-state index contributed by atoms with van der Waals surface area (Å²) >= 11 is 0. The zero-order chi connectivity index (χ0) is 35.0. The lowest BCUT2D eigenvalue weighted by Crippen LogP contribution is -2.59. The van der Waals surface area contributed by atoms with Gasteiger partial charge in [-0.1, -0.05) is 12.1 Å². The molecule has 2 aromatic carbocycles. The van der Waals surface area contributed by atoms with Gasteiger partial charge in [0.05, 0.1) is 47.7 Å². The normalized spacial score (nSPS) is 36.2. The molecule has 2 saturated heterocycles. The molecule has 2 aliphatic carbocycles. The van der Waals surface area contributed by atoms with Gasteiger partial charge in [-0.05, 0) is 33.8 Å². The number of benzene rings is 2. The second-order valence-corrected chi connectivity index (χ2v) is 13.5. The van der Waals surface area contributed by atoms with E-state index >= 15 is 0 Å². The van der Waals surface area contributed by atoms with Crippen LogP contribution in [0.15, 0.2) is 18.2 Å². The van der Waals surface area contributed by atoms with Crippen molar-refractivity contribution in [2.75, 3.05) is 7.11 Å². The van der Waals surface area contributed by atoms with Crippen molar-refractivity contribution in [2.45, 2.75) is 114 Å². The summed E-state index contributed by atoms with van der Waals surface area (Å²) in [5, 5.41) is 55.5.